The van der Waals surface area contributed by atoms with Gasteiger partial charge in [-0.15, -0.1) is 0 Å². The summed E-state index contributed by atoms with van der Waals surface area (Å²) in [6.45, 7) is 13.9. The second-order valence-corrected chi connectivity index (χ2v) is 22.4. The molecule has 0 saturated carbocycles. The predicted molar refractivity (Wildman–Crippen MR) is 336 cm³/mol. The van der Waals surface area contributed by atoms with Gasteiger partial charge in [0.2, 0.25) is 11.9 Å². The van der Waals surface area contributed by atoms with Gasteiger partial charge in [-0.2, -0.15) is 4.58 Å². The SMILES string of the molecule is C/C=C/C1=CN2C(=O)c3cc(OC)c(OCCCOc4cc5c(cc4OC)C(O)=[N+]4C=C(/C=C/C)C[C@H]4C(=O)N5C(=O)OCc4ccc(CC(=O)[C@H](C)NC(=O)C(CC(=O)CCOCCOCCOCCOCCCC(=O)CC)C(C)C)cc4)cc3N=C[C@@H]2C1. The molecule has 2 N–H and O–H groups in total. The van der Waals surface area contributed by atoms with Gasteiger partial charge in [0.05, 0.1) is 109 Å². The van der Waals surface area contributed by atoms with Crippen molar-refractivity contribution in [1.82, 2.24) is 10.2 Å². The minimum atomic E-state index is -1.01. The maximum Gasteiger partial charge on any atom is 0.421 e. The van der Waals surface area contributed by atoms with Crippen molar-refractivity contribution in [1.29, 1.82) is 0 Å². The lowest BCUT2D eigenvalue weighted by Crippen LogP contribution is -2.45. The highest BCUT2D eigenvalue weighted by Crippen LogP contribution is 2.41. The van der Waals surface area contributed by atoms with E-state index in [4.69, 9.17) is 42.6 Å². The van der Waals surface area contributed by atoms with Gasteiger partial charge in [0.25, 0.3) is 5.91 Å². The molecule has 0 aliphatic carbocycles. The van der Waals surface area contributed by atoms with Crippen molar-refractivity contribution in [2.75, 3.05) is 85.2 Å². The molecule has 4 aliphatic heterocycles. The summed E-state index contributed by atoms with van der Waals surface area (Å²) in [5.74, 6) is -1.40. The first-order valence-electron chi connectivity index (χ1n) is 30.8. The van der Waals surface area contributed by atoms with Crippen LogP contribution in [0.5, 0.6) is 23.0 Å². The summed E-state index contributed by atoms with van der Waals surface area (Å²) >= 11 is 0. The maximum absolute atomic E-state index is 14.6. The van der Waals surface area contributed by atoms with Gasteiger partial charge in [-0.3, -0.25) is 33.8 Å². The maximum atomic E-state index is 14.6. The molecule has 22 heteroatoms. The van der Waals surface area contributed by atoms with E-state index in [1.165, 1.54) is 30.9 Å². The van der Waals surface area contributed by atoms with E-state index in [1.807, 2.05) is 65.1 Å². The topological polar surface area (TPSA) is 257 Å². The number of allylic oxidation sites excluding steroid dienone is 4. The van der Waals surface area contributed by atoms with Crippen molar-refractivity contribution in [3.63, 3.8) is 0 Å². The molecule has 22 nitrogen and oxygen atoms in total. The van der Waals surface area contributed by atoms with E-state index in [1.54, 1.807) is 60.6 Å². The monoisotopic (exact) mass is 1240 g/mol. The number of aliphatic imine (C=N–C) groups is 1. The molecule has 0 saturated heterocycles. The van der Waals surface area contributed by atoms with Crippen LogP contribution in [0.25, 0.3) is 0 Å². The van der Waals surface area contributed by atoms with Crippen molar-refractivity contribution in [2.45, 2.75) is 124 Å². The largest absolute Gasteiger partial charge is 0.493 e. The molecule has 4 heterocycles. The number of carbonyl (C=O) groups excluding carboxylic acids is 7. The Morgan fingerprint density at radius 1 is 0.722 bits per heavy atom. The van der Waals surface area contributed by atoms with Gasteiger partial charge in [0.15, 0.2) is 35.0 Å². The molecule has 0 bridgehead atoms. The third-order valence-electron chi connectivity index (χ3n) is 15.5. The van der Waals surface area contributed by atoms with Crippen LogP contribution in [0.15, 0.2) is 101 Å². The first kappa shape index (κ1) is 69.2. The fourth-order valence-electron chi connectivity index (χ4n) is 10.5. The number of aliphatic hydroxyl groups excluding tert-OH is 1. The summed E-state index contributed by atoms with van der Waals surface area (Å²) in [5.41, 5.74) is 3.92. The minimum absolute atomic E-state index is 0.000303. The summed E-state index contributed by atoms with van der Waals surface area (Å²) in [6, 6.07) is 11.0. The molecule has 0 radical (unpaired) electrons. The number of fused-ring (bicyclic) bond motifs is 4. The first-order chi connectivity index (χ1) is 43.5. The Morgan fingerprint density at radius 2 is 1.33 bits per heavy atom. The summed E-state index contributed by atoms with van der Waals surface area (Å²) in [7, 11) is 2.93. The molecule has 0 fully saturated rings. The van der Waals surface area contributed by atoms with Crippen LogP contribution in [0.3, 0.4) is 0 Å². The van der Waals surface area contributed by atoms with Crippen molar-refractivity contribution < 1.29 is 85.9 Å². The number of amides is 4. The highest BCUT2D eigenvalue weighted by molar-refractivity contribution is 6.18. The average molecular weight is 1250 g/mol. The number of nitrogens with one attached hydrogen (secondary N) is 1. The van der Waals surface area contributed by atoms with Crippen LogP contribution in [0.1, 0.15) is 120 Å². The molecular weight excluding hydrogens is 1160 g/mol. The molecule has 0 aromatic heterocycles. The van der Waals surface area contributed by atoms with Crippen molar-refractivity contribution >= 4 is 64.7 Å². The van der Waals surface area contributed by atoms with Crippen LogP contribution in [0, 0.1) is 11.8 Å². The molecule has 4 aliphatic rings. The van der Waals surface area contributed by atoms with E-state index in [0.717, 1.165) is 16.0 Å². The fraction of sp³-hybridized carbons (Fsp3) is 0.485. The highest BCUT2D eigenvalue weighted by atomic mass is 16.6. The number of nitrogens with zero attached hydrogens (tertiary/aromatic N) is 4. The second-order valence-electron chi connectivity index (χ2n) is 22.4. The van der Waals surface area contributed by atoms with Crippen LogP contribution >= 0.6 is 0 Å². The molecule has 4 amide bonds. The third-order valence-corrected chi connectivity index (χ3v) is 15.5. The smallest absolute Gasteiger partial charge is 0.421 e. The Balaban J connectivity index is 0.890. The second kappa shape index (κ2) is 34.6. The summed E-state index contributed by atoms with van der Waals surface area (Å²) in [4.78, 5) is 101. The fourth-order valence-corrected chi connectivity index (χ4v) is 10.5. The molecular formula is C68H86N5O17+. The Bertz CT molecular complexity index is 3240. The van der Waals surface area contributed by atoms with Gasteiger partial charge in [-0.05, 0) is 62.3 Å². The van der Waals surface area contributed by atoms with Gasteiger partial charge in [0.1, 0.15) is 23.7 Å². The number of ketones is 3. The molecule has 0 spiro atoms. The lowest BCUT2D eigenvalue weighted by Gasteiger charge is -2.22. The lowest BCUT2D eigenvalue weighted by molar-refractivity contribution is -0.482. The van der Waals surface area contributed by atoms with Crippen LogP contribution in [0.2, 0.25) is 0 Å². The van der Waals surface area contributed by atoms with Crippen LogP contribution in [-0.2, 0) is 60.7 Å². The number of benzene rings is 3. The molecule has 3 aromatic rings. The third kappa shape index (κ3) is 18.9. The Morgan fingerprint density at radius 3 is 1.97 bits per heavy atom. The van der Waals surface area contributed by atoms with E-state index >= 15 is 0 Å². The summed E-state index contributed by atoms with van der Waals surface area (Å²) < 4.78 is 53.1. The number of methoxy groups -OCH3 is 2. The van der Waals surface area contributed by atoms with Gasteiger partial charge >= 0.3 is 17.9 Å². The average Bonchev–Trinajstić information content (AvgIpc) is 1.62. The van der Waals surface area contributed by atoms with E-state index in [2.05, 4.69) is 10.3 Å². The number of rotatable bonds is 37. The predicted octanol–water partition coefficient (Wildman–Crippen LogP) is 9.24. The van der Waals surface area contributed by atoms with Crippen LogP contribution in [0.4, 0.5) is 16.2 Å². The van der Waals surface area contributed by atoms with E-state index in [9.17, 15) is 38.7 Å². The number of aliphatic hydroxyl groups is 1. The van der Waals surface area contributed by atoms with E-state index < -0.39 is 35.9 Å². The zero-order chi connectivity index (χ0) is 64.7. The van der Waals surface area contributed by atoms with Crippen molar-refractivity contribution in [2.24, 2.45) is 16.8 Å². The molecule has 484 valence electrons. The van der Waals surface area contributed by atoms with Crippen LogP contribution < -0.4 is 29.2 Å². The van der Waals surface area contributed by atoms with Gasteiger partial charge in [-0.1, -0.05) is 69.3 Å². The van der Waals surface area contributed by atoms with Gasteiger partial charge in [0, 0.05) is 87.2 Å². The highest BCUT2D eigenvalue weighted by Gasteiger charge is 2.48. The molecule has 4 atom stereocenters. The summed E-state index contributed by atoms with van der Waals surface area (Å²) in [6.07, 6.45) is 14.9. The van der Waals surface area contributed by atoms with Crippen LogP contribution in [-0.4, -0.2) is 166 Å². The lowest BCUT2D eigenvalue weighted by atomic mass is 9.88. The number of anilines is 1. The zero-order valence-corrected chi connectivity index (χ0v) is 53.0. The Kier molecular flexibility index (Phi) is 26.6. The Labute approximate surface area is 526 Å². The van der Waals surface area contributed by atoms with Gasteiger partial charge < -0.3 is 58.0 Å². The molecule has 3 aromatic carbocycles. The minimum Gasteiger partial charge on any atom is -0.493 e. The van der Waals surface area contributed by atoms with E-state index in [-0.39, 0.29) is 116 Å². The number of hydrogen-bond acceptors (Lipinski definition) is 17. The molecule has 90 heavy (non-hydrogen) atoms. The summed E-state index contributed by atoms with van der Waals surface area (Å²) in [5, 5.41) is 14.7. The number of Topliss-reactive ketones (excluding diaryl/α,β-unsaturated/α-hetero) is 3. The van der Waals surface area contributed by atoms with Crippen molar-refractivity contribution in [3.8, 4) is 23.0 Å². The zero-order valence-electron chi connectivity index (χ0n) is 53.0. The number of imide groups is 1. The number of hydrogen-bond donors (Lipinski definition) is 2. The first-order valence-corrected chi connectivity index (χ1v) is 30.8. The van der Waals surface area contributed by atoms with Crippen molar-refractivity contribution in [3.05, 3.63) is 119 Å². The van der Waals surface area contributed by atoms with Gasteiger partial charge in [-0.25, -0.2) is 9.69 Å². The molecule has 1 unspecified atom stereocenters. The molecule has 7 rings (SSSR count). The Hall–Kier alpha value is -8.31. The number of ether oxygens (including phenoxy) is 9. The quantitative estimate of drug-likeness (QED) is 0.0403. The van der Waals surface area contributed by atoms with E-state index in [0.29, 0.717) is 112 Å². The number of carbonyl (C=O) groups is 7. The standard InChI is InChI=1S/C68H85N5O17/c1-9-14-48-32-50-40-69-56-38-62(60(82-7)36-54(56)65(78)71(50)41-48)88-23-13-24-89-63-39-57-55(37-61(63)83-8)66(79)72-42-49(15-10-2)33-58(72)67(80)73(57)68(81)90-43-47-19-17-46(18-20-47)34-59(76)45(6)70-64(77)53(44(4)5)35-52(75)21-25-85-27-29-87-31-30-86-28-26-84-22-12-16-51(74)11-3/h9-10,14-15,17-20,36-42,44-45,50,53,58H,11-13,16,21-35,43H2,1-8H3,(H,70,77)/p+1/b14-9+,15-10+/t45-,50-,53?,58-/m0/s1. The normalized spacial score (nSPS) is 16.7.